The van der Waals surface area contributed by atoms with Crippen molar-refractivity contribution in [1.29, 1.82) is 0 Å². The predicted octanol–water partition coefficient (Wildman–Crippen LogP) is 4.31. The summed E-state index contributed by atoms with van der Waals surface area (Å²) in [6.07, 6.45) is 1.88. The third-order valence-electron chi connectivity index (χ3n) is 6.44. The van der Waals surface area contributed by atoms with Gasteiger partial charge in [-0.25, -0.2) is 0 Å². The van der Waals surface area contributed by atoms with E-state index in [9.17, 15) is 9.59 Å². The Kier molecular flexibility index (Phi) is 8.76. The first-order chi connectivity index (χ1) is 16.9. The molecular weight excluding hydrogens is 491 g/mol. The third-order valence-corrected chi connectivity index (χ3v) is 6.94. The van der Waals surface area contributed by atoms with Gasteiger partial charge in [0, 0.05) is 48.1 Å². The molecule has 0 bridgehead atoms. The SMILES string of the molecule is O=C(C[C@]1(COc2ccc(Cl)cc2)CCCN(C(=O)COc2ccc(Cl)cc2)C1)N1CCOCC1. The van der Waals surface area contributed by atoms with Gasteiger partial charge in [-0.05, 0) is 61.4 Å². The zero-order valence-corrected chi connectivity index (χ0v) is 21.1. The second-order valence-corrected chi connectivity index (χ2v) is 9.95. The Hall–Kier alpha value is -2.48. The van der Waals surface area contributed by atoms with Crippen LogP contribution in [0.15, 0.2) is 48.5 Å². The first-order valence-electron chi connectivity index (χ1n) is 11.8. The number of ether oxygens (including phenoxy) is 3. The zero-order chi connectivity index (χ0) is 24.7. The van der Waals surface area contributed by atoms with Crippen molar-refractivity contribution in [2.75, 3.05) is 52.6 Å². The van der Waals surface area contributed by atoms with E-state index in [0.29, 0.717) is 74.0 Å². The summed E-state index contributed by atoms with van der Waals surface area (Å²) in [4.78, 5) is 29.9. The van der Waals surface area contributed by atoms with E-state index in [1.54, 1.807) is 41.3 Å². The lowest BCUT2D eigenvalue weighted by Gasteiger charge is -2.43. The fourth-order valence-corrected chi connectivity index (χ4v) is 4.77. The van der Waals surface area contributed by atoms with Crippen molar-refractivity contribution >= 4 is 35.0 Å². The Bertz CT molecular complexity index is 996. The van der Waals surface area contributed by atoms with E-state index in [1.807, 2.05) is 17.0 Å². The fraction of sp³-hybridized carbons (Fsp3) is 0.462. The van der Waals surface area contributed by atoms with E-state index in [-0.39, 0.29) is 18.4 Å². The molecule has 0 aliphatic carbocycles. The van der Waals surface area contributed by atoms with E-state index in [2.05, 4.69) is 0 Å². The second kappa shape index (κ2) is 12.0. The molecule has 0 N–H and O–H groups in total. The second-order valence-electron chi connectivity index (χ2n) is 9.07. The molecule has 7 nitrogen and oxygen atoms in total. The molecule has 0 unspecified atom stereocenters. The maximum atomic E-state index is 13.2. The first kappa shape index (κ1) is 25.6. The highest BCUT2D eigenvalue weighted by Gasteiger charge is 2.41. The van der Waals surface area contributed by atoms with Crippen LogP contribution >= 0.6 is 23.2 Å². The van der Waals surface area contributed by atoms with Gasteiger partial charge in [0.15, 0.2) is 6.61 Å². The molecule has 2 aliphatic rings. The largest absolute Gasteiger partial charge is 0.493 e. The number of carbonyl (C=O) groups excluding carboxylic acids is 2. The number of carbonyl (C=O) groups is 2. The number of piperidine rings is 1. The highest BCUT2D eigenvalue weighted by atomic mass is 35.5. The highest BCUT2D eigenvalue weighted by Crippen LogP contribution is 2.35. The van der Waals surface area contributed by atoms with Gasteiger partial charge in [-0.3, -0.25) is 9.59 Å². The molecule has 0 saturated carbocycles. The minimum atomic E-state index is -0.497. The van der Waals surface area contributed by atoms with Crippen LogP contribution in [0.2, 0.25) is 10.0 Å². The molecule has 2 amide bonds. The van der Waals surface area contributed by atoms with Crippen LogP contribution in [0.25, 0.3) is 0 Å². The number of halogens is 2. The van der Waals surface area contributed by atoms with Gasteiger partial charge in [0.25, 0.3) is 5.91 Å². The topological polar surface area (TPSA) is 68.3 Å². The molecule has 2 aromatic carbocycles. The van der Waals surface area contributed by atoms with Gasteiger partial charge >= 0.3 is 0 Å². The molecule has 0 spiro atoms. The smallest absolute Gasteiger partial charge is 0.260 e. The first-order valence-corrected chi connectivity index (χ1v) is 12.6. The number of morpholine rings is 1. The molecule has 2 saturated heterocycles. The standard InChI is InChI=1S/C26H30Cl2N2O5/c27-20-2-6-22(7-3-20)34-17-25(32)30-11-1-10-26(18-30,16-24(31)29-12-14-33-15-13-29)19-35-23-8-4-21(28)5-9-23/h2-9H,1,10-19H2/t26-/m1/s1. The van der Waals surface area contributed by atoms with Gasteiger partial charge in [0.1, 0.15) is 11.5 Å². The summed E-state index contributed by atoms with van der Waals surface area (Å²) in [5.41, 5.74) is -0.497. The van der Waals surface area contributed by atoms with E-state index >= 15 is 0 Å². The summed E-state index contributed by atoms with van der Waals surface area (Å²) in [6, 6.07) is 14.1. The molecule has 4 rings (SSSR count). The van der Waals surface area contributed by atoms with E-state index < -0.39 is 5.41 Å². The molecule has 2 aromatic rings. The van der Waals surface area contributed by atoms with Gasteiger partial charge in [-0.1, -0.05) is 23.2 Å². The van der Waals surface area contributed by atoms with Crippen molar-refractivity contribution in [3.05, 3.63) is 58.6 Å². The van der Waals surface area contributed by atoms with E-state index in [0.717, 1.165) is 12.8 Å². The lowest BCUT2D eigenvalue weighted by Crippen LogP contribution is -2.52. The molecule has 188 valence electrons. The van der Waals surface area contributed by atoms with Gasteiger partial charge in [0.05, 0.1) is 19.8 Å². The maximum Gasteiger partial charge on any atom is 0.260 e. The summed E-state index contributed by atoms with van der Waals surface area (Å²) in [6.45, 7) is 3.57. The van der Waals surface area contributed by atoms with Crippen LogP contribution in [0, 0.1) is 5.41 Å². The minimum absolute atomic E-state index is 0.0692. The fourth-order valence-electron chi connectivity index (χ4n) is 4.51. The van der Waals surface area contributed by atoms with Crippen LogP contribution in [0.5, 0.6) is 11.5 Å². The van der Waals surface area contributed by atoms with Crippen LogP contribution < -0.4 is 9.47 Å². The third kappa shape index (κ3) is 7.26. The van der Waals surface area contributed by atoms with Gasteiger partial charge in [-0.15, -0.1) is 0 Å². The molecular formula is C26H30Cl2N2O5. The summed E-state index contributed by atoms with van der Waals surface area (Å²) in [5.74, 6) is 1.22. The molecule has 9 heteroatoms. The average Bonchev–Trinajstić information content (AvgIpc) is 2.88. The van der Waals surface area contributed by atoms with Crippen molar-refractivity contribution in [3.63, 3.8) is 0 Å². The molecule has 2 aliphatic heterocycles. The molecule has 2 heterocycles. The summed E-state index contributed by atoms with van der Waals surface area (Å²) in [5, 5.41) is 1.24. The Morgan fingerprint density at radius 1 is 0.829 bits per heavy atom. The molecule has 2 fully saturated rings. The molecule has 0 aromatic heterocycles. The Morgan fingerprint density at radius 2 is 1.43 bits per heavy atom. The van der Waals surface area contributed by atoms with Crippen molar-refractivity contribution < 1.29 is 23.8 Å². The van der Waals surface area contributed by atoms with Crippen LogP contribution in [-0.2, 0) is 14.3 Å². The van der Waals surface area contributed by atoms with Crippen molar-refractivity contribution in [3.8, 4) is 11.5 Å². The Balaban J connectivity index is 1.43. The van der Waals surface area contributed by atoms with Gasteiger partial charge in [-0.2, -0.15) is 0 Å². The van der Waals surface area contributed by atoms with Crippen LogP contribution in [-0.4, -0.2) is 74.2 Å². The quantitative estimate of drug-likeness (QED) is 0.518. The van der Waals surface area contributed by atoms with Crippen molar-refractivity contribution in [2.24, 2.45) is 5.41 Å². The van der Waals surface area contributed by atoms with Crippen molar-refractivity contribution in [2.45, 2.75) is 19.3 Å². The zero-order valence-electron chi connectivity index (χ0n) is 19.6. The Morgan fingerprint density at radius 3 is 2.06 bits per heavy atom. The molecule has 35 heavy (non-hydrogen) atoms. The molecule has 0 radical (unpaired) electrons. The highest BCUT2D eigenvalue weighted by molar-refractivity contribution is 6.30. The van der Waals surface area contributed by atoms with E-state index in [4.69, 9.17) is 37.4 Å². The van der Waals surface area contributed by atoms with Crippen LogP contribution in [0.3, 0.4) is 0 Å². The number of benzene rings is 2. The number of hydrogen-bond donors (Lipinski definition) is 0. The number of rotatable bonds is 8. The summed E-state index contributed by atoms with van der Waals surface area (Å²) >= 11 is 11.9. The normalized spacial score (nSPS) is 20.4. The van der Waals surface area contributed by atoms with Gasteiger partial charge in [0.2, 0.25) is 5.91 Å². The maximum absolute atomic E-state index is 13.2. The lowest BCUT2D eigenvalue weighted by molar-refractivity contribution is -0.144. The van der Waals surface area contributed by atoms with E-state index in [1.165, 1.54) is 0 Å². The number of amides is 2. The van der Waals surface area contributed by atoms with Crippen molar-refractivity contribution in [1.82, 2.24) is 9.80 Å². The number of nitrogens with zero attached hydrogens (tertiary/aromatic N) is 2. The van der Waals surface area contributed by atoms with Crippen LogP contribution in [0.4, 0.5) is 0 Å². The van der Waals surface area contributed by atoms with Crippen LogP contribution in [0.1, 0.15) is 19.3 Å². The summed E-state index contributed by atoms with van der Waals surface area (Å²) in [7, 11) is 0. The summed E-state index contributed by atoms with van der Waals surface area (Å²) < 4.78 is 17.2. The predicted molar refractivity (Wildman–Crippen MR) is 134 cm³/mol. The molecule has 1 atom stereocenters. The minimum Gasteiger partial charge on any atom is -0.493 e. The monoisotopic (exact) mass is 520 g/mol. The Labute approximate surface area is 215 Å². The number of likely N-dealkylation sites (tertiary alicyclic amines) is 1. The average molecular weight is 521 g/mol. The lowest BCUT2D eigenvalue weighted by atomic mass is 9.77. The van der Waals surface area contributed by atoms with Gasteiger partial charge < -0.3 is 24.0 Å². The number of hydrogen-bond acceptors (Lipinski definition) is 5.